The Hall–Kier alpha value is -2.91. The number of benzene rings is 3. The fraction of sp³-hybridized carbons (Fsp3) is 0.136. The fourth-order valence-electron chi connectivity index (χ4n) is 2.66. The third-order valence-corrected chi connectivity index (χ3v) is 4.08. The standard InChI is InChI=1S/C22H20O3/c1-16-12-14-19(15-13-16)22(24)25-21(18-10-6-3-7-11-18)20(23)17-8-4-2-5-9-17/h2-15,20-21,23H,1H3/t20-,21+/m0/s1. The van der Waals surface area contributed by atoms with Crippen LogP contribution in [0.5, 0.6) is 0 Å². The lowest BCUT2D eigenvalue weighted by atomic mass is 9.98. The molecule has 3 aromatic rings. The van der Waals surface area contributed by atoms with Crippen molar-refractivity contribution >= 4 is 5.97 Å². The molecule has 0 fully saturated rings. The summed E-state index contributed by atoms with van der Waals surface area (Å²) in [5.41, 5.74) is 2.99. The molecule has 126 valence electrons. The molecular formula is C22H20O3. The van der Waals surface area contributed by atoms with Crippen LogP contribution in [-0.2, 0) is 4.74 Å². The first-order chi connectivity index (χ1) is 12.1. The van der Waals surface area contributed by atoms with E-state index < -0.39 is 18.2 Å². The van der Waals surface area contributed by atoms with E-state index in [-0.39, 0.29) is 0 Å². The third-order valence-electron chi connectivity index (χ3n) is 4.08. The molecule has 0 saturated heterocycles. The number of rotatable bonds is 5. The van der Waals surface area contributed by atoms with Crippen LogP contribution in [0.3, 0.4) is 0 Å². The van der Waals surface area contributed by atoms with Gasteiger partial charge in [0.05, 0.1) is 5.56 Å². The Kier molecular flexibility index (Phi) is 5.26. The zero-order chi connectivity index (χ0) is 17.6. The summed E-state index contributed by atoms with van der Waals surface area (Å²) in [6.45, 7) is 1.96. The van der Waals surface area contributed by atoms with Crippen LogP contribution in [0.4, 0.5) is 0 Å². The molecule has 2 atom stereocenters. The highest BCUT2D eigenvalue weighted by molar-refractivity contribution is 5.89. The van der Waals surface area contributed by atoms with E-state index in [1.807, 2.05) is 79.7 Å². The average Bonchev–Trinajstić information content (AvgIpc) is 2.67. The smallest absolute Gasteiger partial charge is 0.338 e. The summed E-state index contributed by atoms with van der Waals surface area (Å²) in [6, 6.07) is 25.7. The maximum atomic E-state index is 12.5. The SMILES string of the molecule is Cc1ccc(C(=O)O[C@H](c2ccccc2)[C@@H](O)c2ccccc2)cc1. The van der Waals surface area contributed by atoms with Gasteiger partial charge in [-0.3, -0.25) is 0 Å². The van der Waals surface area contributed by atoms with Gasteiger partial charge in [0.25, 0.3) is 0 Å². The van der Waals surface area contributed by atoms with Gasteiger partial charge in [0.15, 0.2) is 6.10 Å². The Morgan fingerprint density at radius 3 is 1.88 bits per heavy atom. The Labute approximate surface area is 147 Å². The predicted octanol–water partition coefficient (Wildman–Crippen LogP) is 4.63. The molecule has 25 heavy (non-hydrogen) atoms. The number of esters is 1. The molecular weight excluding hydrogens is 312 g/mol. The summed E-state index contributed by atoms with van der Waals surface area (Å²) >= 11 is 0. The topological polar surface area (TPSA) is 46.5 Å². The van der Waals surface area contributed by atoms with Gasteiger partial charge >= 0.3 is 5.97 Å². The Morgan fingerprint density at radius 1 is 0.800 bits per heavy atom. The number of aliphatic hydroxyl groups is 1. The Bertz CT molecular complexity index is 811. The molecule has 0 aliphatic rings. The maximum Gasteiger partial charge on any atom is 0.338 e. The summed E-state index contributed by atoms with van der Waals surface area (Å²) in [4.78, 5) is 12.5. The largest absolute Gasteiger partial charge is 0.451 e. The molecule has 3 rings (SSSR count). The molecule has 0 aliphatic heterocycles. The van der Waals surface area contributed by atoms with E-state index >= 15 is 0 Å². The van der Waals surface area contributed by atoms with Crippen LogP contribution >= 0.6 is 0 Å². The van der Waals surface area contributed by atoms with E-state index in [0.29, 0.717) is 11.1 Å². The molecule has 0 heterocycles. The number of hydrogen-bond acceptors (Lipinski definition) is 3. The summed E-state index contributed by atoms with van der Waals surface area (Å²) < 4.78 is 5.69. The molecule has 0 amide bonds. The van der Waals surface area contributed by atoms with Gasteiger partial charge < -0.3 is 9.84 Å². The van der Waals surface area contributed by atoms with Crippen LogP contribution in [0.2, 0.25) is 0 Å². The van der Waals surface area contributed by atoms with Crippen molar-refractivity contribution in [2.24, 2.45) is 0 Å². The lowest BCUT2D eigenvalue weighted by molar-refractivity contribution is -0.0209. The molecule has 0 unspecified atom stereocenters. The second kappa shape index (κ2) is 7.77. The molecule has 3 heteroatoms. The van der Waals surface area contributed by atoms with E-state index in [1.165, 1.54) is 0 Å². The highest BCUT2D eigenvalue weighted by Crippen LogP contribution is 2.32. The van der Waals surface area contributed by atoms with Crippen molar-refractivity contribution in [3.05, 3.63) is 107 Å². The summed E-state index contributed by atoms with van der Waals surface area (Å²) in [5.74, 6) is -0.455. The van der Waals surface area contributed by atoms with Crippen LogP contribution in [0.15, 0.2) is 84.9 Å². The van der Waals surface area contributed by atoms with Gasteiger partial charge in [-0.15, -0.1) is 0 Å². The number of hydrogen-bond donors (Lipinski definition) is 1. The second-order valence-corrected chi connectivity index (χ2v) is 5.96. The first-order valence-electron chi connectivity index (χ1n) is 8.21. The van der Waals surface area contributed by atoms with Crippen LogP contribution < -0.4 is 0 Å². The normalized spacial score (nSPS) is 13.0. The van der Waals surface area contributed by atoms with Crippen molar-refractivity contribution in [2.45, 2.75) is 19.1 Å². The number of carbonyl (C=O) groups is 1. The van der Waals surface area contributed by atoms with Gasteiger partial charge in [0, 0.05) is 0 Å². The molecule has 0 saturated carbocycles. The summed E-state index contributed by atoms with van der Waals surface area (Å²) in [7, 11) is 0. The van der Waals surface area contributed by atoms with Crippen molar-refractivity contribution in [3.8, 4) is 0 Å². The van der Waals surface area contributed by atoms with Crippen LogP contribution in [0, 0.1) is 6.92 Å². The van der Waals surface area contributed by atoms with Gasteiger partial charge in [-0.1, -0.05) is 78.4 Å². The van der Waals surface area contributed by atoms with E-state index in [9.17, 15) is 9.90 Å². The van der Waals surface area contributed by atoms with Crippen molar-refractivity contribution in [1.82, 2.24) is 0 Å². The lowest BCUT2D eigenvalue weighted by Gasteiger charge is -2.24. The minimum Gasteiger partial charge on any atom is -0.451 e. The minimum atomic E-state index is -0.946. The van der Waals surface area contributed by atoms with E-state index in [1.54, 1.807) is 12.1 Å². The molecule has 0 bridgehead atoms. The van der Waals surface area contributed by atoms with Crippen molar-refractivity contribution < 1.29 is 14.6 Å². The van der Waals surface area contributed by atoms with Gasteiger partial charge in [-0.25, -0.2) is 4.79 Å². The van der Waals surface area contributed by atoms with Crippen LogP contribution in [0.25, 0.3) is 0 Å². The van der Waals surface area contributed by atoms with Gasteiger partial charge in [-0.2, -0.15) is 0 Å². The van der Waals surface area contributed by atoms with Crippen LogP contribution in [-0.4, -0.2) is 11.1 Å². The quantitative estimate of drug-likeness (QED) is 0.693. The molecule has 3 nitrogen and oxygen atoms in total. The summed E-state index contributed by atoms with van der Waals surface area (Å²) in [5, 5.41) is 10.8. The predicted molar refractivity (Wildman–Crippen MR) is 97.2 cm³/mol. The molecule has 0 aliphatic carbocycles. The van der Waals surface area contributed by atoms with Gasteiger partial charge in [0.1, 0.15) is 6.10 Å². The van der Waals surface area contributed by atoms with E-state index in [0.717, 1.165) is 11.1 Å². The number of aliphatic hydroxyl groups excluding tert-OH is 1. The molecule has 0 aromatic heterocycles. The van der Waals surface area contributed by atoms with Crippen molar-refractivity contribution in [1.29, 1.82) is 0 Å². The van der Waals surface area contributed by atoms with E-state index in [2.05, 4.69) is 0 Å². The van der Waals surface area contributed by atoms with E-state index in [4.69, 9.17) is 4.74 Å². The number of aryl methyl sites for hydroxylation is 1. The van der Waals surface area contributed by atoms with Gasteiger partial charge in [0.2, 0.25) is 0 Å². The Morgan fingerprint density at radius 2 is 1.32 bits per heavy atom. The second-order valence-electron chi connectivity index (χ2n) is 5.96. The maximum absolute atomic E-state index is 12.5. The number of carbonyl (C=O) groups excluding carboxylic acids is 1. The number of ether oxygens (including phenoxy) is 1. The first-order valence-corrected chi connectivity index (χ1v) is 8.21. The molecule has 0 spiro atoms. The fourth-order valence-corrected chi connectivity index (χ4v) is 2.66. The van der Waals surface area contributed by atoms with Crippen molar-refractivity contribution in [2.75, 3.05) is 0 Å². The highest BCUT2D eigenvalue weighted by Gasteiger charge is 2.27. The van der Waals surface area contributed by atoms with Crippen LogP contribution in [0.1, 0.15) is 39.3 Å². The third kappa shape index (κ3) is 4.14. The minimum absolute atomic E-state index is 0.455. The highest BCUT2D eigenvalue weighted by atomic mass is 16.6. The lowest BCUT2D eigenvalue weighted by Crippen LogP contribution is -2.18. The monoisotopic (exact) mass is 332 g/mol. The zero-order valence-electron chi connectivity index (χ0n) is 14.0. The molecule has 0 radical (unpaired) electrons. The first kappa shape index (κ1) is 16.9. The Balaban J connectivity index is 1.89. The van der Waals surface area contributed by atoms with Crippen molar-refractivity contribution in [3.63, 3.8) is 0 Å². The average molecular weight is 332 g/mol. The zero-order valence-corrected chi connectivity index (χ0v) is 14.0. The molecule has 3 aromatic carbocycles. The van der Waals surface area contributed by atoms with Gasteiger partial charge in [-0.05, 0) is 30.2 Å². The molecule has 1 N–H and O–H groups in total. The summed E-state index contributed by atoms with van der Waals surface area (Å²) in [6.07, 6.45) is -1.73.